The molecule has 0 unspecified atom stereocenters. The van der Waals surface area contributed by atoms with Gasteiger partial charge in [-0.15, -0.1) is 0 Å². The van der Waals surface area contributed by atoms with Crippen molar-refractivity contribution >= 4 is 21.7 Å². The van der Waals surface area contributed by atoms with Gasteiger partial charge in [0.05, 0.1) is 0 Å². The standard InChI is InChI=1S/C14H20BrNO/c1-3-16(4-2)10-9-14(17)11-12-5-7-13(15)8-6-12/h5-8H,3-4,9-11H2,1-2H3. The van der Waals surface area contributed by atoms with Gasteiger partial charge in [-0.25, -0.2) is 0 Å². The van der Waals surface area contributed by atoms with E-state index in [1.165, 1.54) is 0 Å². The molecular formula is C14H20BrNO. The van der Waals surface area contributed by atoms with E-state index in [2.05, 4.69) is 34.7 Å². The lowest BCUT2D eigenvalue weighted by Gasteiger charge is -2.17. The second-order valence-electron chi connectivity index (χ2n) is 4.12. The molecule has 0 atom stereocenters. The maximum Gasteiger partial charge on any atom is 0.138 e. The van der Waals surface area contributed by atoms with Crippen molar-refractivity contribution < 1.29 is 4.79 Å². The summed E-state index contributed by atoms with van der Waals surface area (Å²) in [6, 6.07) is 7.96. The second-order valence-corrected chi connectivity index (χ2v) is 5.03. The van der Waals surface area contributed by atoms with Crippen LogP contribution in [0.2, 0.25) is 0 Å². The lowest BCUT2D eigenvalue weighted by molar-refractivity contribution is -0.118. The van der Waals surface area contributed by atoms with E-state index < -0.39 is 0 Å². The lowest BCUT2D eigenvalue weighted by Crippen LogP contribution is -2.26. The van der Waals surface area contributed by atoms with E-state index in [0.717, 1.165) is 29.7 Å². The summed E-state index contributed by atoms with van der Waals surface area (Å²) in [6.07, 6.45) is 1.20. The number of hydrogen-bond acceptors (Lipinski definition) is 2. The Morgan fingerprint density at radius 1 is 1.18 bits per heavy atom. The van der Waals surface area contributed by atoms with E-state index in [1.54, 1.807) is 0 Å². The van der Waals surface area contributed by atoms with Gasteiger partial charge in [0.25, 0.3) is 0 Å². The molecule has 0 saturated carbocycles. The molecule has 1 aromatic carbocycles. The molecule has 0 N–H and O–H groups in total. The largest absolute Gasteiger partial charge is 0.303 e. The van der Waals surface area contributed by atoms with Crippen LogP contribution in [0.15, 0.2) is 28.7 Å². The van der Waals surface area contributed by atoms with Gasteiger partial charge < -0.3 is 4.90 Å². The molecule has 2 nitrogen and oxygen atoms in total. The summed E-state index contributed by atoms with van der Waals surface area (Å²) in [5.74, 6) is 0.319. The summed E-state index contributed by atoms with van der Waals surface area (Å²) < 4.78 is 1.05. The third kappa shape index (κ3) is 5.46. The molecule has 0 spiro atoms. The molecule has 1 aromatic rings. The van der Waals surface area contributed by atoms with Crippen molar-refractivity contribution in [2.24, 2.45) is 0 Å². The first-order valence-corrected chi connectivity index (χ1v) is 6.93. The molecule has 0 saturated heterocycles. The fraction of sp³-hybridized carbons (Fsp3) is 0.500. The number of ketones is 1. The van der Waals surface area contributed by atoms with Crippen molar-refractivity contribution in [2.45, 2.75) is 26.7 Å². The molecule has 1 rings (SSSR count). The molecule has 0 amide bonds. The first-order valence-electron chi connectivity index (χ1n) is 6.14. The molecule has 0 radical (unpaired) electrons. The molecule has 0 aromatic heterocycles. The molecule has 94 valence electrons. The zero-order valence-corrected chi connectivity index (χ0v) is 12.2. The van der Waals surface area contributed by atoms with Crippen LogP contribution in [0.5, 0.6) is 0 Å². The highest BCUT2D eigenvalue weighted by atomic mass is 79.9. The maximum absolute atomic E-state index is 11.8. The van der Waals surface area contributed by atoms with Crippen LogP contribution in [0, 0.1) is 0 Å². The summed E-state index contributed by atoms with van der Waals surface area (Å²) in [4.78, 5) is 14.1. The van der Waals surface area contributed by atoms with E-state index in [-0.39, 0.29) is 0 Å². The number of halogens is 1. The highest BCUT2D eigenvalue weighted by Gasteiger charge is 2.06. The van der Waals surface area contributed by atoms with Crippen LogP contribution in [-0.4, -0.2) is 30.3 Å². The molecule has 0 aliphatic rings. The quantitative estimate of drug-likeness (QED) is 0.770. The lowest BCUT2D eigenvalue weighted by atomic mass is 10.1. The number of rotatable bonds is 7. The molecule has 0 aliphatic carbocycles. The van der Waals surface area contributed by atoms with Gasteiger partial charge in [0.2, 0.25) is 0 Å². The fourth-order valence-electron chi connectivity index (χ4n) is 1.74. The van der Waals surface area contributed by atoms with Crippen LogP contribution < -0.4 is 0 Å². The average molecular weight is 298 g/mol. The van der Waals surface area contributed by atoms with Gasteiger partial charge in [0.15, 0.2) is 0 Å². The van der Waals surface area contributed by atoms with Gasteiger partial charge in [-0.1, -0.05) is 41.9 Å². The van der Waals surface area contributed by atoms with Gasteiger partial charge in [-0.2, -0.15) is 0 Å². The SMILES string of the molecule is CCN(CC)CCC(=O)Cc1ccc(Br)cc1. The highest BCUT2D eigenvalue weighted by Crippen LogP contribution is 2.11. The Kier molecular flexibility index (Phi) is 6.45. The summed E-state index contributed by atoms with van der Waals surface area (Å²) in [5, 5.41) is 0. The van der Waals surface area contributed by atoms with Gasteiger partial charge in [0.1, 0.15) is 5.78 Å². The Balaban J connectivity index is 2.37. The van der Waals surface area contributed by atoms with Crippen LogP contribution >= 0.6 is 15.9 Å². The van der Waals surface area contributed by atoms with Gasteiger partial charge in [0, 0.05) is 23.9 Å². The van der Waals surface area contributed by atoms with Crippen molar-refractivity contribution in [1.29, 1.82) is 0 Å². The van der Waals surface area contributed by atoms with Gasteiger partial charge >= 0.3 is 0 Å². The Hall–Kier alpha value is -0.670. The first kappa shape index (κ1) is 14.4. The highest BCUT2D eigenvalue weighted by molar-refractivity contribution is 9.10. The average Bonchev–Trinajstić information content (AvgIpc) is 2.33. The van der Waals surface area contributed by atoms with Crippen LogP contribution in [0.1, 0.15) is 25.8 Å². The Morgan fingerprint density at radius 2 is 1.76 bits per heavy atom. The monoisotopic (exact) mass is 297 g/mol. The van der Waals surface area contributed by atoms with E-state index in [4.69, 9.17) is 0 Å². The van der Waals surface area contributed by atoms with E-state index in [0.29, 0.717) is 18.6 Å². The Labute approximate surface area is 112 Å². The van der Waals surface area contributed by atoms with E-state index in [9.17, 15) is 4.79 Å². The van der Waals surface area contributed by atoms with Crippen LogP contribution in [0.25, 0.3) is 0 Å². The molecule has 17 heavy (non-hydrogen) atoms. The predicted molar refractivity (Wildman–Crippen MR) is 75.3 cm³/mol. The molecular weight excluding hydrogens is 278 g/mol. The third-order valence-corrected chi connectivity index (χ3v) is 3.44. The Morgan fingerprint density at radius 3 is 2.29 bits per heavy atom. The minimum absolute atomic E-state index is 0.319. The topological polar surface area (TPSA) is 20.3 Å². The molecule has 0 bridgehead atoms. The normalized spacial score (nSPS) is 10.8. The number of hydrogen-bond donors (Lipinski definition) is 0. The van der Waals surface area contributed by atoms with Crippen LogP contribution in [0.3, 0.4) is 0 Å². The van der Waals surface area contributed by atoms with Crippen LogP contribution in [-0.2, 0) is 11.2 Å². The number of Topliss-reactive ketones (excluding diaryl/α,β-unsaturated/α-hetero) is 1. The summed E-state index contributed by atoms with van der Waals surface area (Å²) in [7, 11) is 0. The fourth-order valence-corrected chi connectivity index (χ4v) is 2.01. The molecule has 0 aliphatic heterocycles. The predicted octanol–water partition coefficient (Wildman–Crippen LogP) is 3.29. The van der Waals surface area contributed by atoms with Crippen LogP contribution in [0.4, 0.5) is 0 Å². The van der Waals surface area contributed by atoms with Gasteiger partial charge in [-0.3, -0.25) is 4.79 Å². The minimum Gasteiger partial charge on any atom is -0.303 e. The smallest absolute Gasteiger partial charge is 0.138 e. The molecule has 0 heterocycles. The maximum atomic E-state index is 11.8. The van der Waals surface area contributed by atoms with E-state index in [1.807, 2.05) is 24.3 Å². The van der Waals surface area contributed by atoms with Crippen molar-refractivity contribution in [3.05, 3.63) is 34.3 Å². The zero-order valence-electron chi connectivity index (χ0n) is 10.6. The number of carbonyl (C=O) groups excluding carboxylic acids is 1. The number of benzene rings is 1. The molecule has 0 fully saturated rings. The van der Waals surface area contributed by atoms with E-state index >= 15 is 0 Å². The van der Waals surface area contributed by atoms with Crippen molar-refractivity contribution in [1.82, 2.24) is 4.90 Å². The summed E-state index contributed by atoms with van der Waals surface area (Å²) in [5.41, 5.74) is 1.10. The Bertz CT molecular complexity index is 344. The summed E-state index contributed by atoms with van der Waals surface area (Å²) >= 11 is 3.39. The van der Waals surface area contributed by atoms with Gasteiger partial charge in [-0.05, 0) is 30.8 Å². The van der Waals surface area contributed by atoms with Crippen molar-refractivity contribution in [3.63, 3.8) is 0 Å². The zero-order chi connectivity index (χ0) is 12.7. The molecule has 3 heteroatoms. The van der Waals surface area contributed by atoms with Crippen molar-refractivity contribution in [3.8, 4) is 0 Å². The number of nitrogens with zero attached hydrogens (tertiary/aromatic N) is 1. The first-order chi connectivity index (χ1) is 8.15. The summed E-state index contributed by atoms with van der Waals surface area (Å²) in [6.45, 7) is 7.16. The number of carbonyl (C=O) groups is 1. The minimum atomic E-state index is 0.319. The van der Waals surface area contributed by atoms with Crippen molar-refractivity contribution in [2.75, 3.05) is 19.6 Å². The third-order valence-electron chi connectivity index (χ3n) is 2.92. The second kappa shape index (κ2) is 7.62.